The van der Waals surface area contributed by atoms with Crippen molar-refractivity contribution in [1.29, 1.82) is 0 Å². The number of rotatable bonds is 6. The molecule has 0 aliphatic heterocycles. The van der Waals surface area contributed by atoms with Crippen molar-refractivity contribution in [3.63, 3.8) is 0 Å². The molecular weight excluding hydrogens is 292 g/mol. The Kier molecular flexibility index (Phi) is 16.4. The van der Waals surface area contributed by atoms with Crippen LogP contribution in [-0.4, -0.2) is 0 Å². The van der Waals surface area contributed by atoms with Crippen LogP contribution in [0.4, 0.5) is 0 Å². The third-order valence-corrected chi connectivity index (χ3v) is 1.60. The molecule has 0 saturated heterocycles. The molecule has 62 valence electrons. The fraction of sp³-hybridized carbons (Fsp3) is 0.889. The molecule has 0 heterocycles. The van der Waals surface area contributed by atoms with Crippen LogP contribution in [0.25, 0.3) is 0 Å². The Labute approximate surface area is 80.0 Å². The summed E-state index contributed by atoms with van der Waals surface area (Å²) in [6.45, 7) is 6.05. The van der Waals surface area contributed by atoms with Crippen molar-refractivity contribution >= 4 is 0 Å². The first kappa shape index (κ1) is 13.3. The molecule has 0 atom stereocenters. The second-order valence-electron chi connectivity index (χ2n) is 2.62. The minimum Gasteiger partial charge on any atom is -0.343 e. The van der Waals surface area contributed by atoms with Crippen molar-refractivity contribution in [3.8, 4) is 0 Å². The van der Waals surface area contributed by atoms with E-state index < -0.39 is 0 Å². The minimum absolute atomic E-state index is 0. The van der Waals surface area contributed by atoms with Gasteiger partial charge < -0.3 is 6.92 Å². The van der Waals surface area contributed by atoms with Crippen LogP contribution in [0, 0.1) is 6.92 Å². The minimum atomic E-state index is 0. The number of unbranched alkanes of at least 4 members (excludes halogenated alkanes) is 6. The van der Waals surface area contributed by atoms with Gasteiger partial charge in [-0.2, -0.15) is 6.42 Å². The van der Waals surface area contributed by atoms with E-state index in [0.29, 0.717) is 0 Å². The normalized spacial score (nSPS) is 9.00. The molecule has 0 bridgehead atoms. The van der Waals surface area contributed by atoms with Gasteiger partial charge in [-0.15, -0.1) is 0 Å². The van der Waals surface area contributed by atoms with Gasteiger partial charge in [0.1, 0.15) is 0 Å². The molecule has 0 aromatic carbocycles. The number of hydrogen-bond acceptors (Lipinski definition) is 0. The molecule has 0 saturated carbocycles. The van der Waals surface area contributed by atoms with Crippen LogP contribution in [0.3, 0.4) is 0 Å². The third-order valence-electron chi connectivity index (χ3n) is 1.60. The molecule has 0 aliphatic rings. The van der Waals surface area contributed by atoms with E-state index in [2.05, 4.69) is 13.8 Å². The van der Waals surface area contributed by atoms with Crippen molar-refractivity contribution < 1.29 is 21.1 Å². The van der Waals surface area contributed by atoms with Gasteiger partial charge in [-0.3, -0.25) is 0 Å². The first-order valence-corrected chi connectivity index (χ1v) is 4.21. The molecule has 0 unspecified atom stereocenters. The maximum atomic E-state index is 3.80. The summed E-state index contributed by atoms with van der Waals surface area (Å²) >= 11 is 0. The SMILES string of the molecule is [CH2-]CCCCCCCC.[W]. The Morgan fingerprint density at radius 2 is 1.40 bits per heavy atom. The van der Waals surface area contributed by atoms with Gasteiger partial charge in [-0.05, 0) is 0 Å². The van der Waals surface area contributed by atoms with E-state index in [-0.39, 0.29) is 21.1 Å². The van der Waals surface area contributed by atoms with Crippen LogP contribution in [-0.2, 0) is 21.1 Å². The van der Waals surface area contributed by atoms with Gasteiger partial charge >= 0.3 is 0 Å². The maximum Gasteiger partial charge on any atom is 0 e. The average molecular weight is 311 g/mol. The molecule has 0 fully saturated rings. The van der Waals surface area contributed by atoms with E-state index in [1.165, 1.54) is 38.5 Å². The van der Waals surface area contributed by atoms with E-state index in [0.717, 1.165) is 6.42 Å². The molecule has 0 aromatic heterocycles. The summed E-state index contributed by atoms with van der Waals surface area (Å²) in [7, 11) is 0. The van der Waals surface area contributed by atoms with Crippen LogP contribution in [0.15, 0.2) is 0 Å². The van der Waals surface area contributed by atoms with Crippen molar-refractivity contribution in [3.05, 3.63) is 6.92 Å². The summed E-state index contributed by atoms with van der Waals surface area (Å²) < 4.78 is 0. The van der Waals surface area contributed by atoms with Gasteiger partial charge in [0.2, 0.25) is 0 Å². The van der Waals surface area contributed by atoms with Crippen LogP contribution >= 0.6 is 0 Å². The zero-order valence-corrected chi connectivity index (χ0v) is 10.00. The fourth-order valence-corrected chi connectivity index (χ4v) is 0.957. The molecule has 0 nitrogen and oxygen atoms in total. The largest absolute Gasteiger partial charge is 0.343 e. The van der Waals surface area contributed by atoms with Crippen molar-refractivity contribution in [2.45, 2.75) is 51.9 Å². The predicted molar refractivity (Wildman–Crippen MR) is 43.4 cm³/mol. The van der Waals surface area contributed by atoms with Crippen LogP contribution in [0.2, 0.25) is 0 Å². The second-order valence-corrected chi connectivity index (χ2v) is 2.62. The van der Waals surface area contributed by atoms with Gasteiger partial charge in [0.25, 0.3) is 0 Å². The average Bonchev–Trinajstić information content (AvgIpc) is 1.89. The standard InChI is InChI=1S/C9H19.W/c1-3-5-7-9-8-6-4-2;/h1,3-9H2,2H3;/q-1;. The maximum absolute atomic E-state index is 3.80. The molecule has 1 heteroatoms. The molecule has 0 spiro atoms. The van der Waals surface area contributed by atoms with Gasteiger partial charge in [-0.1, -0.05) is 45.4 Å². The zero-order valence-electron chi connectivity index (χ0n) is 7.07. The second kappa shape index (κ2) is 12.4. The molecule has 0 radical (unpaired) electrons. The molecule has 0 aromatic rings. The van der Waals surface area contributed by atoms with Crippen molar-refractivity contribution in [1.82, 2.24) is 0 Å². The molecular formula is C9H19W-. The van der Waals surface area contributed by atoms with Crippen molar-refractivity contribution in [2.24, 2.45) is 0 Å². The summed E-state index contributed by atoms with van der Waals surface area (Å²) in [5, 5.41) is 0. The molecule has 0 aliphatic carbocycles. The third kappa shape index (κ3) is 11.5. The summed E-state index contributed by atoms with van der Waals surface area (Å²) in [5.74, 6) is 0. The van der Waals surface area contributed by atoms with Crippen molar-refractivity contribution in [2.75, 3.05) is 0 Å². The number of hydrogen-bond donors (Lipinski definition) is 0. The van der Waals surface area contributed by atoms with Gasteiger partial charge in [0.05, 0.1) is 0 Å². The van der Waals surface area contributed by atoms with E-state index in [4.69, 9.17) is 0 Å². The van der Waals surface area contributed by atoms with E-state index in [1.54, 1.807) is 0 Å². The summed E-state index contributed by atoms with van der Waals surface area (Å²) in [6, 6.07) is 0. The van der Waals surface area contributed by atoms with Gasteiger partial charge in [0, 0.05) is 21.1 Å². The summed E-state index contributed by atoms with van der Waals surface area (Å²) in [4.78, 5) is 0. The smallest absolute Gasteiger partial charge is 0 e. The Morgan fingerprint density at radius 3 is 1.90 bits per heavy atom. The van der Waals surface area contributed by atoms with Gasteiger partial charge in [-0.25, -0.2) is 0 Å². The zero-order chi connectivity index (χ0) is 6.95. The molecule has 0 amide bonds. The quantitative estimate of drug-likeness (QED) is 0.520. The Morgan fingerprint density at radius 1 is 0.900 bits per heavy atom. The van der Waals surface area contributed by atoms with Crippen LogP contribution in [0.1, 0.15) is 51.9 Å². The Balaban J connectivity index is 0. The van der Waals surface area contributed by atoms with Crippen LogP contribution in [0.5, 0.6) is 0 Å². The first-order valence-electron chi connectivity index (χ1n) is 4.21. The predicted octanol–water partition coefficient (Wildman–Crippen LogP) is 3.57. The monoisotopic (exact) mass is 311 g/mol. The summed E-state index contributed by atoms with van der Waals surface area (Å²) in [6.07, 6.45) is 9.45. The summed E-state index contributed by atoms with van der Waals surface area (Å²) in [5.41, 5.74) is 0. The molecule has 0 N–H and O–H groups in total. The van der Waals surface area contributed by atoms with E-state index >= 15 is 0 Å². The Bertz CT molecular complexity index is 38.0. The first-order chi connectivity index (χ1) is 4.41. The van der Waals surface area contributed by atoms with E-state index in [1.807, 2.05) is 0 Å². The fourth-order valence-electron chi connectivity index (χ4n) is 0.957. The van der Waals surface area contributed by atoms with E-state index in [9.17, 15) is 0 Å². The molecule has 0 rings (SSSR count). The van der Waals surface area contributed by atoms with Gasteiger partial charge in [0.15, 0.2) is 0 Å². The Hall–Kier alpha value is 0.688. The topological polar surface area (TPSA) is 0 Å². The molecule has 10 heavy (non-hydrogen) atoms. The van der Waals surface area contributed by atoms with Crippen LogP contribution < -0.4 is 0 Å².